The Morgan fingerprint density at radius 1 is 1.26 bits per heavy atom. The molecule has 7 nitrogen and oxygen atoms in total. The van der Waals surface area contributed by atoms with Crippen LogP contribution in [0.4, 0.5) is 0 Å². The summed E-state index contributed by atoms with van der Waals surface area (Å²) in [6, 6.07) is 12.0. The molecule has 1 saturated heterocycles. The normalized spacial score (nSPS) is 16.3. The van der Waals surface area contributed by atoms with Gasteiger partial charge in [-0.25, -0.2) is 13.1 Å². The summed E-state index contributed by atoms with van der Waals surface area (Å²) in [5.41, 5.74) is 1.34. The van der Waals surface area contributed by atoms with Crippen molar-refractivity contribution in [1.29, 1.82) is 0 Å². The summed E-state index contributed by atoms with van der Waals surface area (Å²) < 4.78 is 38.9. The van der Waals surface area contributed by atoms with E-state index in [1.165, 1.54) is 18.2 Å². The number of carbonyl (C=O) groups is 1. The molecule has 168 valence electrons. The highest BCUT2D eigenvalue weighted by Gasteiger charge is 2.23. The quantitative estimate of drug-likeness (QED) is 0.524. The smallest absolute Gasteiger partial charge is 0.251 e. The van der Waals surface area contributed by atoms with E-state index in [0.29, 0.717) is 26.2 Å². The van der Waals surface area contributed by atoms with Crippen LogP contribution in [0.2, 0.25) is 5.02 Å². The Bertz CT molecular complexity index is 1010. The van der Waals surface area contributed by atoms with Crippen molar-refractivity contribution in [3.8, 4) is 5.75 Å². The first-order valence-electron chi connectivity index (χ1n) is 10.2. The molecule has 0 bridgehead atoms. The number of ether oxygens (including phenoxy) is 2. The molecule has 1 aliphatic rings. The third kappa shape index (κ3) is 6.93. The van der Waals surface area contributed by atoms with Crippen LogP contribution in [0.3, 0.4) is 0 Å². The number of carbonyl (C=O) groups excluding carboxylic acids is 1. The van der Waals surface area contributed by atoms with E-state index in [0.717, 1.165) is 24.2 Å². The van der Waals surface area contributed by atoms with Crippen molar-refractivity contribution in [2.75, 3.05) is 26.3 Å². The number of hydrogen-bond acceptors (Lipinski definition) is 5. The molecule has 1 amide bonds. The molecule has 1 atom stereocenters. The van der Waals surface area contributed by atoms with E-state index in [1.54, 1.807) is 0 Å². The molecule has 1 fully saturated rings. The van der Waals surface area contributed by atoms with Gasteiger partial charge in [0.25, 0.3) is 5.91 Å². The molecule has 0 saturated carbocycles. The molecule has 0 unspecified atom stereocenters. The molecule has 2 aromatic carbocycles. The first-order valence-corrected chi connectivity index (χ1v) is 12.1. The van der Waals surface area contributed by atoms with Gasteiger partial charge in [-0.2, -0.15) is 0 Å². The van der Waals surface area contributed by atoms with Gasteiger partial charge in [-0.15, -0.1) is 0 Å². The Hall–Kier alpha value is -2.13. The summed E-state index contributed by atoms with van der Waals surface area (Å²) >= 11 is 6.10. The van der Waals surface area contributed by atoms with Crippen molar-refractivity contribution in [3.63, 3.8) is 0 Å². The topological polar surface area (TPSA) is 93.7 Å². The van der Waals surface area contributed by atoms with Crippen molar-refractivity contribution in [2.45, 2.75) is 37.2 Å². The summed E-state index contributed by atoms with van der Waals surface area (Å²) in [6.07, 6.45) is 2.20. The number of sulfonamides is 1. The van der Waals surface area contributed by atoms with Gasteiger partial charge in [0.05, 0.1) is 17.7 Å². The summed E-state index contributed by atoms with van der Waals surface area (Å²) in [6.45, 7) is 3.66. The lowest BCUT2D eigenvalue weighted by Crippen LogP contribution is -2.32. The van der Waals surface area contributed by atoms with Gasteiger partial charge in [-0.3, -0.25) is 4.79 Å². The second-order valence-corrected chi connectivity index (χ2v) is 9.55. The highest BCUT2D eigenvalue weighted by molar-refractivity contribution is 7.89. The van der Waals surface area contributed by atoms with Crippen molar-refractivity contribution in [2.24, 2.45) is 0 Å². The van der Waals surface area contributed by atoms with Crippen LogP contribution in [0.15, 0.2) is 47.4 Å². The highest BCUT2D eigenvalue weighted by Crippen LogP contribution is 2.23. The van der Waals surface area contributed by atoms with E-state index < -0.39 is 10.0 Å². The third-order valence-corrected chi connectivity index (χ3v) is 6.78. The minimum absolute atomic E-state index is 0.0583. The summed E-state index contributed by atoms with van der Waals surface area (Å²) in [7, 11) is -3.86. The molecule has 3 rings (SSSR count). The predicted octanol–water partition coefficient (Wildman–Crippen LogP) is 3.30. The number of nitrogens with one attached hydrogen (secondary N) is 2. The van der Waals surface area contributed by atoms with Crippen LogP contribution in [0.25, 0.3) is 0 Å². The molecule has 0 aromatic heterocycles. The Labute approximate surface area is 188 Å². The van der Waals surface area contributed by atoms with E-state index in [4.69, 9.17) is 21.1 Å². The summed E-state index contributed by atoms with van der Waals surface area (Å²) in [5, 5.41) is 2.83. The Kier molecular flexibility index (Phi) is 8.31. The Morgan fingerprint density at radius 2 is 2.10 bits per heavy atom. The van der Waals surface area contributed by atoms with Gasteiger partial charge in [-0.05, 0) is 62.1 Å². The third-order valence-electron chi connectivity index (χ3n) is 4.87. The maximum atomic E-state index is 12.6. The van der Waals surface area contributed by atoms with Gasteiger partial charge >= 0.3 is 0 Å². The maximum absolute atomic E-state index is 12.6. The molecule has 0 aliphatic carbocycles. The molecule has 2 N–H and O–H groups in total. The predicted molar refractivity (Wildman–Crippen MR) is 119 cm³/mol. The van der Waals surface area contributed by atoms with Gasteiger partial charge in [0.2, 0.25) is 10.0 Å². The lowest BCUT2D eigenvalue weighted by Gasteiger charge is -2.13. The minimum Gasteiger partial charge on any atom is -0.494 e. The van der Waals surface area contributed by atoms with Gasteiger partial charge in [0, 0.05) is 25.3 Å². The first kappa shape index (κ1) is 23.5. The molecular formula is C22H27ClN2O5S. The summed E-state index contributed by atoms with van der Waals surface area (Å²) in [5.74, 6) is 0.414. The number of rotatable bonds is 10. The largest absolute Gasteiger partial charge is 0.494 e. The van der Waals surface area contributed by atoms with E-state index in [9.17, 15) is 13.2 Å². The minimum atomic E-state index is -3.86. The van der Waals surface area contributed by atoms with Crippen molar-refractivity contribution >= 4 is 27.5 Å². The van der Waals surface area contributed by atoms with Crippen molar-refractivity contribution in [1.82, 2.24) is 10.0 Å². The van der Waals surface area contributed by atoms with Crippen LogP contribution in [0, 0.1) is 6.92 Å². The Morgan fingerprint density at radius 3 is 2.84 bits per heavy atom. The van der Waals surface area contributed by atoms with Gasteiger partial charge in [0.15, 0.2) is 0 Å². The number of amides is 1. The molecule has 1 heterocycles. The molecule has 31 heavy (non-hydrogen) atoms. The molecule has 0 radical (unpaired) electrons. The number of halogens is 1. The van der Waals surface area contributed by atoms with E-state index in [-0.39, 0.29) is 34.0 Å². The van der Waals surface area contributed by atoms with Crippen LogP contribution in [0.5, 0.6) is 5.75 Å². The van der Waals surface area contributed by atoms with Crippen LogP contribution in [0.1, 0.15) is 35.2 Å². The maximum Gasteiger partial charge on any atom is 0.251 e. The lowest BCUT2D eigenvalue weighted by molar-refractivity contribution is 0.0951. The average Bonchev–Trinajstić information content (AvgIpc) is 3.26. The van der Waals surface area contributed by atoms with E-state index >= 15 is 0 Å². The van der Waals surface area contributed by atoms with Gasteiger partial charge in [-0.1, -0.05) is 23.7 Å². The van der Waals surface area contributed by atoms with Crippen molar-refractivity contribution < 1.29 is 22.7 Å². The monoisotopic (exact) mass is 466 g/mol. The standard InChI is InChI=1S/C22H27ClN2O5S/c1-16-5-2-6-18(13-16)29-12-4-10-24-22(26)17-8-9-20(23)21(14-17)31(27,28)25-15-19-7-3-11-30-19/h2,5-6,8-9,13-14,19,25H,3-4,7,10-12,15H2,1H3,(H,24,26)/t19-/m1/s1. The fraction of sp³-hybridized carbons (Fsp3) is 0.409. The van der Waals surface area contributed by atoms with E-state index in [1.807, 2.05) is 31.2 Å². The van der Waals surface area contributed by atoms with Gasteiger partial charge < -0.3 is 14.8 Å². The average molecular weight is 467 g/mol. The van der Waals surface area contributed by atoms with Crippen LogP contribution in [-0.4, -0.2) is 46.7 Å². The number of hydrogen-bond donors (Lipinski definition) is 2. The van der Waals surface area contributed by atoms with Crippen molar-refractivity contribution in [3.05, 3.63) is 58.6 Å². The molecular weight excluding hydrogens is 440 g/mol. The fourth-order valence-electron chi connectivity index (χ4n) is 3.21. The highest BCUT2D eigenvalue weighted by atomic mass is 35.5. The second-order valence-electron chi connectivity index (χ2n) is 7.41. The molecule has 2 aromatic rings. The molecule has 1 aliphatic heterocycles. The zero-order chi connectivity index (χ0) is 22.3. The summed E-state index contributed by atoms with van der Waals surface area (Å²) in [4.78, 5) is 12.3. The number of aryl methyl sites for hydroxylation is 1. The van der Waals surface area contributed by atoms with E-state index in [2.05, 4.69) is 10.0 Å². The van der Waals surface area contributed by atoms with Crippen LogP contribution in [-0.2, 0) is 14.8 Å². The first-order chi connectivity index (χ1) is 14.8. The molecule has 9 heteroatoms. The zero-order valence-electron chi connectivity index (χ0n) is 17.4. The van der Waals surface area contributed by atoms with Crippen LogP contribution < -0.4 is 14.8 Å². The van der Waals surface area contributed by atoms with Gasteiger partial charge in [0.1, 0.15) is 10.6 Å². The zero-order valence-corrected chi connectivity index (χ0v) is 19.0. The fourth-order valence-corrected chi connectivity index (χ4v) is 4.80. The van der Waals surface area contributed by atoms with Crippen LogP contribution >= 0.6 is 11.6 Å². The SMILES string of the molecule is Cc1cccc(OCCCNC(=O)c2ccc(Cl)c(S(=O)(=O)NC[C@H]3CCCO3)c2)c1. The second kappa shape index (κ2) is 10.9. The molecule has 0 spiro atoms. The Balaban J connectivity index is 1.51. The lowest BCUT2D eigenvalue weighted by atomic mass is 10.2. The number of benzene rings is 2.